The first-order chi connectivity index (χ1) is 11.6. The van der Waals surface area contributed by atoms with Crippen LogP contribution in [0.3, 0.4) is 0 Å². The fourth-order valence-electron chi connectivity index (χ4n) is 1.47. The van der Waals surface area contributed by atoms with Crippen molar-refractivity contribution in [1.82, 2.24) is 0 Å². The monoisotopic (exact) mass is 546 g/mol. The maximum atomic E-state index is 13.5. The first-order valence-electron chi connectivity index (χ1n) is 6.38. The third kappa shape index (κ3) is 4.33. The molecule has 1 unspecified atom stereocenters. The minimum atomic E-state index is -7.95. The molecule has 2 nitrogen and oxygen atoms in total. The molecule has 0 N–H and O–H groups in total. The Bertz CT molecular complexity index is 543. The lowest BCUT2D eigenvalue weighted by Crippen LogP contribution is -2.70. The fourth-order valence-corrected chi connectivity index (χ4v) is 2.20. The molecule has 0 amide bonds. The van der Waals surface area contributed by atoms with Crippen molar-refractivity contribution in [3.8, 4) is 0 Å². The molecule has 1 atom stereocenters. The molecule has 0 aliphatic carbocycles. The van der Waals surface area contributed by atoms with Crippen molar-refractivity contribution in [1.29, 1.82) is 0 Å². The summed E-state index contributed by atoms with van der Waals surface area (Å²) in [6, 6.07) is 0. The molecule has 0 saturated carbocycles. The minimum Gasteiger partial charge on any atom is -0.465 e. The molecular weight excluding hydrogens is 538 g/mol. The highest BCUT2D eigenvalue weighted by Gasteiger charge is 2.90. The van der Waals surface area contributed by atoms with Gasteiger partial charge >= 0.3 is 41.8 Å². The smallest absolute Gasteiger partial charge is 0.460 e. The zero-order valence-electron chi connectivity index (χ0n) is 12.6. The molecule has 0 spiro atoms. The van der Waals surface area contributed by atoms with E-state index in [4.69, 9.17) is 0 Å². The Kier molecular flexibility index (Phi) is 7.41. The Morgan fingerprint density at radius 1 is 0.778 bits per heavy atom. The van der Waals surface area contributed by atoms with Crippen LogP contribution in [0.25, 0.3) is 0 Å². The summed E-state index contributed by atoms with van der Waals surface area (Å²) < 4.78 is 169. The second-order valence-corrected chi connectivity index (χ2v) is 6.43. The Labute approximate surface area is 155 Å². The molecule has 162 valence electrons. The van der Waals surface area contributed by atoms with E-state index in [-0.39, 0.29) is 0 Å². The highest BCUT2D eigenvalue weighted by Crippen LogP contribution is 2.60. The van der Waals surface area contributed by atoms with Crippen molar-refractivity contribution in [3.63, 3.8) is 0 Å². The van der Waals surface area contributed by atoms with Gasteiger partial charge in [0, 0.05) is 6.42 Å². The van der Waals surface area contributed by atoms with Crippen molar-refractivity contribution in [3.05, 3.63) is 0 Å². The van der Waals surface area contributed by atoms with Crippen LogP contribution in [0, 0.1) is 0 Å². The quantitative estimate of drug-likeness (QED) is 0.175. The summed E-state index contributed by atoms with van der Waals surface area (Å²) in [5.41, 5.74) is 0. The molecule has 0 bridgehead atoms. The van der Waals surface area contributed by atoms with Crippen LogP contribution in [0.2, 0.25) is 0 Å². The number of esters is 1. The van der Waals surface area contributed by atoms with Gasteiger partial charge in [-0.15, -0.1) is 0 Å². The zero-order valence-corrected chi connectivity index (χ0v) is 14.8. The van der Waals surface area contributed by atoms with Gasteiger partial charge in [-0.1, -0.05) is 22.6 Å². The van der Waals surface area contributed by atoms with Crippen LogP contribution in [-0.2, 0) is 9.53 Å². The largest absolute Gasteiger partial charge is 0.465 e. The third-order valence-corrected chi connectivity index (χ3v) is 3.93. The number of carbonyl (C=O) groups is 1. The van der Waals surface area contributed by atoms with Crippen LogP contribution in [0.1, 0.15) is 13.3 Å². The minimum absolute atomic E-state index is 0.480. The van der Waals surface area contributed by atoms with Gasteiger partial charge in [-0.2, -0.15) is 57.1 Å². The van der Waals surface area contributed by atoms with Crippen LogP contribution in [0.4, 0.5) is 57.1 Å². The van der Waals surface area contributed by atoms with E-state index in [0.29, 0.717) is 22.6 Å². The van der Waals surface area contributed by atoms with Crippen LogP contribution < -0.4 is 0 Å². The summed E-state index contributed by atoms with van der Waals surface area (Å²) in [4.78, 5) is 11.1. The van der Waals surface area contributed by atoms with E-state index in [1.54, 1.807) is 0 Å². The van der Waals surface area contributed by atoms with Gasteiger partial charge in [-0.05, 0) is 6.92 Å². The zero-order chi connectivity index (χ0) is 22.3. The summed E-state index contributed by atoms with van der Waals surface area (Å²) >= 11 is 0.686. The Morgan fingerprint density at radius 3 is 1.48 bits per heavy atom. The summed E-state index contributed by atoms with van der Waals surface area (Å²) in [5.74, 6) is -38.9. The molecule has 0 rings (SSSR count). The number of ether oxygens (including phenoxy) is 1. The van der Waals surface area contributed by atoms with Gasteiger partial charge in [-0.3, -0.25) is 4.79 Å². The number of rotatable bonds is 8. The second kappa shape index (κ2) is 7.61. The molecule has 0 aromatic heterocycles. The van der Waals surface area contributed by atoms with Gasteiger partial charge < -0.3 is 4.74 Å². The van der Waals surface area contributed by atoms with Gasteiger partial charge in [0.1, 0.15) is 3.92 Å². The molecule has 0 fully saturated rings. The first kappa shape index (κ1) is 26.3. The molecule has 0 aromatic carbocycles. The SMILES string of the molecule is CCOC(=O)C(I)CC(F)(F)C(F)(F)C(F)(F)C(F)(F)C(F)(F)C(F)(F)F. The average molecular weight is 546 g/mol. The molecular formula is C11H8F13IO2. The lowest BCUT2D eigenvalue weighted by molar-refractivity contribution is -0.440. The van der Waals surface area contributed by atoms with Gasteiger partial charge in [0.15, 0.2) is 0 Å². The summed E-state index contributed by atoms with van der Waals surface area (Å²) in [7, 11) is 0. The van der Waals surface area contributed by atoms with Crippen LogP contribution >= 0.6 is 22.6 Å². The fraction of sp³-hybridized carbons (Fsp3) is 0.909. The number of halogens is 14. The average Bonchev–Trinajstić information content (AvgIpc) is 2.44. The Balaban J connectivity index is 6.05. The lowest BCUT2D eigenvalue weighted by Gasteiger charge is -2.40. The van der Waals surface area contributed by atoms with Crippen LogP contribution in [0.5, 0.6) is 0 Å². The normalized spacial score (nSPS) is 16.3. The van der Waals surface area contributed by atoms with Crippen LogP contribution in [-0.4, -0.2) is 52.3 Å². The molecule has 0 heterocycles. The predicted molar refractivity (Wildman–Crippen MR) is 69.8 cm³/mol. The third-order valence-electron chi connectivity index (χ3n) is 2.98. The summed E-state index contributed by atoms with van der Waals surface area (Å²) in [6.45, 7) is 0.647. The van der Waals surface area contributed by atoms with E-state index in [1.807, 2.05) is 0 Å². The number of hydrogen-bond acceptors (Lipinski definition) is 2. The molecule has 0 aliphatic heterocycles. The van der Waals surface area contributed by atoms with E-state index in [9.17, 15) is 61.9 Å². The van der Waals surface area contributed by atoms with Crippen LogP contribution in [0.15, 0.2) is 0 Å². The van der Waals surface area contributed by atoms with E-state index in [2.05, 4.69) is 4.74 Å². The first-order valence-corrected chi connectivity index (χ1v) is 7.63. The highest BCUT2D eigenvalue weighted by atomic mass is 127. The van der Waals surface area contributed by atoms with E-state index in [1.165, 1.54) is 0 Å². The van der Waals surface area contributed by atoms with Gasteiger partial charge in [-0.25, -0.2) is 0 Å². The van der Waals surface area contributed by atoms with Crippen molar-refractivity contribution in [2.45, 2.75) is 53.1 Å². The molecule has 16 heteroatoms. The molecule has 0 radical (unpaired) electrons. The van der Waals surface area contributed by atoms with Crippen molar-refractivity contribution >= 4 is 28.6 Å². The molecule has 0 saturated heterocycles. The number of hydrogen-bond donors (Lipinski definition) is 0. The van der Waals surface area contributed by atoms with Crippen molar-refractivity contribution < 1.29 is 66.6 Å². The van der Waals surface area contributed by atoms with E-state index >= 15 is 0 Å². The lowest BCUT2D eigenvalue weighted by atomic mass is 9.92. The van der Waals surface area contributed by atoms with Gasteiger partial charge in [0.2, 0.25) is 0 Å². The van der Waals surface area contributed by atoms with Gasteiger partial charge in [0.25, 0.3) is 0 Å². The maximum Gasteiger partial charge on any atom is 0.460 e. The number of carbonyl (C=O) groups excluding carboxylic acids is 1. The van der Waals surface area contributed by atoms with E-state index in [0.717, 1.165) is 6.92 Å². The highest BCUT2D eigenvalue weighted by molar-refractivity contribution is 14.1. The van der Waals surface area contributed by atoms with Crippen molar-refractivity contribution in [2.24, 2.45) is 0 Å². The summed E-state index contributed by atoms with van der Waals surface area (Å²) in [5, 5.41) is 0. The number of alkyl halides is 14. The summed E-state index contributed by atoms with van der Waals surface area (Å²) in [6.07, 6.45) is -10.1. The maximum absolute atomic E-state index is 13.5. The van der Waals surface area contributed by atoms with Gasteiger partial charge in [0.05, 0.1) is 6.61 Å². The van der Waals surface area contributed by atoms with Crippen molar-refractivity contribution in [2.75, 3.05) is 6.61 Å². The Morgan fingerprint density at radius 2 is 1.15 bits per heavy atom. The second-order valence-electron chi connectivity index (χ2n) is 4.92. The topological polar surface area (TPSA) is 26.3 Å². The molecule has 0 aliphatic rings. The standard InChI is InChI=1S/C11H8F13IO2/c1-2-27-5(26)4(25)3-6(12,13)7(14,15)8(16,17)9(18,19)10(20,21)11(22,23)24/h4H,2-3H2,1H3. The van der Waals surface area contributed by atoms with E-state index < -0.39 is 58.7 Å². The molecule has 27 heavy (non-hydrogen) atoms. The molecule has 0 aromatic rings. The Hall–Kier alpha value is -0.710. The predicted octanol–water partition coefficient (Wildman–Crippen LogP) is 5.48.